The molecule has 1 aromatic rings. The number of hydrogen-bond donors (Lipinski definition) is 1. The van der Waals surface area contributed by atoms with E-state index >= 15 is 0 Å². The first-order valence-corrected chi connectivity index (χ1v) is 8.62. The summed E-state index contributed by atoms with van der Waals surface area (Å²) in [5.74, 6) is -0.158. The van der Waals surface area contributed by atoms with Crippen LogP contribution in [0, 0.1) is 0 Å². The van der Waals surface area contributed by atoms with E-state index in [9.17, 15) is 14.4 Å². The second-order valence-corrected chi connectivity index (χ2v) is 6.38. The van der Waals surface area contributed by atoms with Gasteiger partial charge in [-0.15, -0.1) is 0 Å². The number of amides is 3. The standard InChI is InChI=1S/C18H23N3O4/c1-13(22)19-15-6-4-14(5-7-15)17(23)20-8-10-21(11-9-20)18(24)16-3-2-12-25-16/h4-7,16H,2-3,8-12H2,1H3,(H,19,22). The summed E-state index contributed by atoms with van der Waals surface area (Å²) in [4.78, 5) is 39.5. The summed E-state index contributed by atoms with van der Waals surface area (Å²) in [5.41, 5.74) is 1.24. The van der Waals surface area contributed by atoms with Gasteiger partial charge in [0.1, 0.15) is 6.10 Å². The van der Waals surface area contributed by atoms with Crippen LogP contribution in [0.4, 0.5) is 5.69 Å². The van der Waals surface area contributed by atoms with Crippen molar-refractivity contribution in [2.24, 2.45) is 0 Å². The van der Waals surface area contributed by atoms with Crippen LogP contribution >= 0.6 is 0 Å². The molecule has 0 bridgehead atoms. The van der Waals surface area contributed by atoms with Crippen molar-refractivity contribution >= 4 is 23.4 Å². The summed E-state index contributed by atoms with van der Waals surface area (Å²) in [5, 5.41) is 2.68. The summed E-state index contributed by atoms with van der Waals surface area (Å²) in [7, 11) is 0. The Hall–Kier alpha value is -2.41. The first-order valence-electron chi connectivity index (χ1n) is 8.62. The first-order chi connectivity index (χ1) is 12.0. The fourth-order valence-electron chi connectivity index (χ4n) is 3.19. The number of carbonyl (C=O) groups excluding carboxylic acids is 3. The third kappa shape index (κ3) is 4.17. The highest BCUT2D eigenvalue weighted by atomic mass is 16.5. The second kappa shape index (κ2) is 7.65. The minimum Gasteiger partial charge on any atom is -0.368 e. The smallest absolute Gasteiger partial charge is 0.253 e. The minimum atomic E-state index is -0.302. The van der Waals surface area contributed by atoms with Crippen molar-refractivity contribution in [3.63, 3.8) is 0 Å². The van der Waals surface area contributed by atoms with E-state index < -0.39 is 0 Å². The van der Waals surface area contributed by atoms with Gasteiger partial charge in [-0.25, -0.2) is 0 Å². The maximum absolute atomic E-state index is 12.6. The van der Waals surface area contributed by atoms with Crippen molar-refractivity contribution in [3.8, 4) is 0 Å². The van der Waals surface area contributed by atoms with Gasteiger partial charge in [0.15, 0.2) is 0 Å². The van der Waals surface area contributed by atoms with E-state index in [1.165, 1.54) is 6.92 Å². The van der Waals surface area contributed by atoms with E-state index in [-0.39, 0.29) is 23.8 Å². The molecule has 1 aromatic carbocycles. The Morgan fingerprint density at radius 1 is 1.04 bits per heavy atom. The summed E-state index contributed by atoms with van der Waals surface area (Å²) >= 11 is 0. The van der Waals surface area contributed by atoms with Crippen molar-refractivity contribution in [3.05, 3.63) is 29.8 Å². The highest BCUT2D eigenvalue weighted by molar-refractivity contribution is 5.95. The van der Waals surface area contributed by atoms with Gasteiger partial charge in [0.2, 0.25) is 5.91 Å². The maximum atomic E-state index is 12.6. The summed E-state index contributed by atoms with van der Waals surface area (Å²) in [6.45, 7) is 4.21. The molecular weight excluding hydrogens is 322 g/mol. The zero-order valence-electron chi connectivity index (χ0n) is 14.4. The lowest BCUT2D eigenvalue weighted by atomic mass is 10.1. The SMILES string of the molecule is CC(=O)Nc1ccc(C(=O)N2CCN(C(=O)C3CCCO3)CC2)cc1. The van der Waals surface area contributed by atoms with E-state index in [1.54, 1.807) is 34.1 Å². The summed E-state index contributed by atoms with van der Waals surface area (Å²) < 4.78 is 5.45. The van der Waals surface area contributed by atoms with Crippen molar-refractivity contribution in [1.29, 1.82) is 0 Å². The van der Waals surface area contributed by atoms with E-state index in [1.807, 2.05) is 0 Å². The molecule has 3 amide bonds. The summed E-state index contributed by atoms with van der Waals surface area (Å²) in [6, 6.07) is 6.84. The Balaban J connectivity index is 1.54. The second-order valence-electron chi connectivity index (χ2n) is 6.38. The Morgan fingerprint density at radius 2 is 1.68 bits per heavy atom. The number of piperazine rings is 1. The molecule has 25 heavy (non-hydrogen) atoms. The number of nitrogens with zero attached hydrogens (tertiary/aromatic N) is 2. The number of nitrogens with one attached hydrogen (secondary N) is 1. The average Bonchev–Trinajstić information content (AvgIpc) is 3.15. The Labute approximate surface area is 146 Å². The first kappa shape index (κ1) is 17.4. The molecule has 0 aromatic heterocycles. The van der Waals surface area contributed by atoms with Gasteiger partial charge in [0.05, 0.1) is 0 Å². The van der Waals surface area contributed by atoms with Crippen LogP contribution in [-0.4, -0.2) is 66.4 Å². The molecule has 0 spiro atoms. The van der Waals surface area contributed by atoms with Crippen molar-refractivity contribution in [2.45, 2.75) is 25.9 Å². The van der Waals surface area contributed by atoms with Crippen molar-refractivity contribution < 1.29 is 19.1 Å². The van der Waals surface area contributed by atoms with Crippen LogP contribution in [0.2, 0.25) is 0 Å². The predicted octanol–water partition coefficient (Wildman–Crippen LogP) is 1.11. The molecule has 0 radical (unpaired) electrons. The molecule has 1 unspecified atom stereocenters. The van der Waals surface area contributed by atoms with E-state index in [2.05, 4.69) is 5.32 Å². The number of rotatable bonds is 3. The van der Waals surface area contributed by atoms with Gasteiger partial charge in [0, 0.05) is 51.0 Å². The van der Waals surface area contributed by atoms with Crippen LogP contribution in [0.5, 0.6) is 0 Å². The van der Waals surface area contributed by atoms with E-state index in [0.29, 0.717) is 44.0 Å². The van der Waals surface area contributed by atoms with Gasteiger partial charge in [-0.05, 0) is 37.1 Å². The zero-order valence-corrected chi connectivity index (χ0v) is 14.4. The van der Waals surface area contributed by atoms with Crippen LogP contribution in [0.25, 0.3) is 0 Å². The van der Waals surface area contributed by atoms with Crippen LogP contribution in [0.1, 0.15) is 30.1 Å². The molecular formula is C18H23N3O4. The van der Waals surface area contributed by atoms with Crippen LogP contribution in [0.3, 0.4) is 0 Å². The third-order valence-electron chi connectivity index (χ3n) is 4.54. The molecule has 0 aliphatic carbocycles. The monoisotopic (exact) mass is 345 g/mol. The molecule has 2 aliphatic rings. The number of ether oxygens (including phenoxy) is 1. The minimum absolute atomic E-state index is 0.0456. The number of anilines is 1. The molecule has 3 rings (SSSR count). The highest BCUT2D eigenvalue weighted by Gasteiger charge is 2.31. The van der Waals surface area contributed by atoms with Gasteiger partial charge >= 0.3 is 0 Å². The quantitative estimate of drug-likeness (QED) is 0.890. The fourth-order valence-corrected chi connectivity index (χ4v) is 3.19. The number of hydrogen-bond acceptors (Lipinski definition) is 4. The van der Waals surface area contributed by atoms with Gasteiger partial charge < -0.3 is 19.9 Å². The lowest BCUT2D eigenvalue weighted by Crippen LogP contribution is -2.52. The molecule has 7 heteroatoms. The van der Waals surface area contributed by atoms with Gasteiger partial charge in [-0.3, -0.25) is 14.4 Å². The topological polar surface area (TPSA) is 79.0 Å². The maximum Gasteiger partial charge on any atom is 0.253 e. The third-order valence-corrected chi connectivity index (χ3v) is 4.54. The lowest BCUT2D eigenvalue weighted by Gasteiger charge is -2.35. The van der Waals surface area contributed by atoms with Crippen LogP contribution in [-0.2, 0) is 14.3 Å². The molecule has 0 saturated carbocycles. The molecule has 2 heterocycles. The highest BCUT2D eigenvalue weighted by Crippen LogP contribution is 2.17. The molecule has 1 atom stereocenters. The molecule has 1 N–H and O–H groups in total. The van der Waals surface area contributed by atoms with Gasteiger partial charge in [-0.1, -0.05) is 0 Å². The Morgan fingerprint density at radius 3 is 2.24 bits per heavy atom. The molecule has 7 nitrogen and oxygen atoms in total. The fraction of sp³-hybridized carbons (Fsp3) is 0.500. The van der Waals surface area contributed by atoms with Gasteiger partial charge in [0.25, 0.3) is 11.8 Å². The van der Waals surface area contributed by atoms with E-state index in [0.717, 1.165) is 12.8 Å². The Kier molecular flexibility index (Phi) is 5.33. The zero-order chi connectivity index (χ0) is 17.8. The Bertz CT molecular complexity index is 645. The molecule has 2 fully saturated rings. The van der Waals surface area contributed by atoms with Crippen LogP contribution in [0.15, 0.2) is 24.3 Å². The van der Waals surface area contributed by atoms with Gasteiger partial charge in [-0.2, -0.15) is 0 Å². The largest absolute Gasteiger partial charge is 0.368 e. The lowest BCUT2D eigenvalue weighted by molar-refractivity contribution is -0.142. The van der Waals surface area contributed by atoms with E-state index in [4.69, 9.17) is 4.74 Å². The number of carbonyl (C=O) groups is 3. The number of benzene rings is 1. The molecule has 2 aliphatic heterocycles. The summed E-state index contributed by atoms with van der Waals surface area (Å²) in [6.07, 6.45) is 1.42. The van der Waals surface area contributed by atoms with Crippen LogP contribution < -0.4 is 5.32 Å². The molecule has 134 valence electrons. The van der Waals surface area contributed by atoms with Crippen molar-refractivity contribution in [1.82, 2.24) is 9.80 Å². The predicted molar refractivity (Wildman–Crippen MR) is 92.2 cm³/mol. The normalized spacial score (nSPS) is 20.4. The molecule has 2 saturated heterocycles. The van der Waals surface area contributed by atoms with Crippen molar-refractivity contribution in [2.75, 3.05) is 38.1 Å². The average molecular weight is 345 g/mol.